The Balaban J connectivity index is 1.99. The molecule has 1 saturated heterocycles. The van der Waals surface area contributed by atoms with Gasteiger partial charge < -0.3 is 26.5 Å². The van der Waals surface area contributed by atoms with Crippen LogP contribution in [0, 0.1) is 0 Å². The highest BCUT2D eigenvalue weighted by molar-refractivity contribution is 5.82. The zero-order valence-corrected chi connectivity index (χ0v) is 11.0. The number of nitrogens with zero attached hydrogens (tertiary/aromatic N) is 5. The van der Waals surface area contributed by atoms with Gasteiger partial charge in [0.05, 0.1) is 19.1 Å². The number of aromatic nitrogens is 4. The van der Waals surface area contributed by atoms with Gasteiger partial charge >= 0.3 is 0 Å². The molecule has 1 fully saturated rings. The molecule has 2 aromatic rings. The predicted molar refractivity (Wildman–Crippen MR) is 73.6 cm³/mol. The van der Waals surface area contributed by atoms with Crippen molar-refractivity contribution in [3.8, 4) is 0 Å². The average Bonchev–Trinajstić information content (AvgIpc) is 3.04. The number of nitrogen functional groups attached to an aromatic ring is 2. The Morgan fingerprint density at radius 1 is 1.52 bits per heavy atom. The molecule has 6 N–H and O–H groups in total. The van der Waals surface area contributed by atoms with Crippen LogP contribution in [-0.4, -0.2) is 48.3 Å². The summed E-state index contributed by atoms with van der Waals surface area (Å²) in [5.74, 6) is 0.240. The Morgan fingerprint density at radius 2 is 2.33 bits per heavy atom. The van der Waals surface area contributed by atoms with Crippen molar-refractivity contribution < 1.29 is 15.1 Å². The standard InChI is InChI=1S/C11H15N7O3/c12-8-7-9(17-10(13)16-8)18(5-14-7)6-1-2-11(4-19,21-6)3-15-20/h3,5-6,19-20H,1-2,4H2,(H4,12,13,16,17)/t6-,11?/m1/s1. The van der Waals surface area contributed by atoms with Crippen LogP contribution < -0.4 is 11.5 Å². The average molecular weight is 293 g/mol. The van der Waals surface area contributed by atoms with E-state index in [1.54, 1.807) is 4.57 Å². The number of hydrogen-bond donors (Lipinski definition) is 4. The second kappa shape index (κ2) is 4.82. The molecule has 2 atom stereocenters. The smallest absolute Gasteiger partial charge is 0.224 e. The fraction of sp³-hybridized carbons (Fsp3) is 0.455. The summed E-state index contributed by atoms with van der Waals surface area (Å²) in [6.45, 7) is -0.292. The third-order valence-electron chi connectivity index (χ3n) is 3.52. The highest BCUT2D eigenvalue weighted by Crippen LogP contribution is 2.36. The highest BCUT2D eigenvalue weighted by Gasteiger charge is 2.40. The minimum atomic E-state index is -1.01. The van der Waals surface area contributed by atoms with Crippen LogP contribution in [0.2, 0.25) is 0 Å². The summed E-state index contributed by atoms with van der Waals surface area (Å²) in [7, 11) is 0. The molecule has 0 bridgehead atoms. The molecule has 0 amide bonds. The van der Waals surface area contributed by atoms with Crippen LogP contribution in [0.25, 0.3) is 11.2 Å². The first-order valence-corrected chi connectivity index (χ1v) is 6.31. The first kappa shape index (κ1) is 13.5. The van der Waals surface area contributed by atoms with Crippen molar-refractivity contribution in [2.24, 2.45) is 5.16 Å². The van der Waals surface area contributed by atoms with Crippen LogP contribution >= 0.6 is 0 Å². The molecule has 1 unspecified atom stereocenters. The van der Waals surface area contributed by atoms with Crippen molar-refractivity contribution >= 4 is 29.1 Å². The molecule has 3 heterocycles. The van der Waals surface area contributed by atoms with Gasteiger partial charge in [-0.1, -0.05) is 5.16 Å². The molecule has 10 nitrogen and oxygen atoms in total. The zero-order valence-electron chi connectivity index (χ0n) is 11.0. The maximum atomic E-state index is 9.45. The molecule has 0 aromatic carbocycles. The van der Waals surface area contributed by atoms with E-state index in [2.05, 4.69) is 20.1 Å². The number of hydrogen-bond acceptors (Lipinski definition) is 9. The minimum absolute atomic E-state index is 0.0464. The van der Waals surface area contributed by atoms with Gasteiger partial charge in [-0.3, -0.25) is 4.57 Å². The largest absolute Gasteiger partial charge is 0.411 e. The molecule has 2 aromatic heterocycles. The molecule has 1 aliphatic heterocycles. The van der Waals surface area contributed by atoms with Gasteiger partial charge in [-0.2, -0.15) is 9.97 Å². The molecule has 0 aliphatic carbocycles. The van der Waals surface area contributed by atoms with Gasteiger partial charge in [0.15, 0.2) is 11.5 Å². The van der Waals surface area contributed by atoms with Crippen molar-refractivity contribution in [3.05, 3.63) is 6.33 Å². The lowest BCUT2D eigenvalue weighted by Gasteiger charge is -2.22. The molecular weight excluding hydrogens is 278 g/mol. The summed E-state index contributed by atoms with van der Waals surface area (Å²) in [6.07, 6.45) is 3.37. The van der Waals surface area contributed by atoms with Crippen LogP contribution in [-0.2, 0) is 4.74 Å². The molecule has 0 radical (unpaired) electrons. The summed E-state index contributed by atoms with van der Waals surface area (Å²) in [5, 5.41) is 21.1. The van der Waals surface area contributed by atoms with E-state index < -0.39 is 11.8 Å². The van der Waals surface area contributed by atoms with Crippen LogP contribution in [0.5, 0.6) is 0 Å². The summed E-state index contributed by atoms with van der Waals surface area (Å²) < 4.78 is 7.47. The normalized spacial score (nSPS) is 26.0. The van der Waals surface area contributed by atoms with E-state index in [1.807, 2.05) is 0 Å². The number of aliphatic hydroxyl groups excluding tert-OH is 1. The molecule has 1 aliphatic rings. The topological polar surface area (TPSA) is 158 Å². The van der Waals surface area contributed by atoms with Gasteiger partial charge in [-0.15, -0.1) is 0 Å². The Labute approximate surface area is 119 Å². The summed E-state index contributed by atoms with van der Waals surface area (Å²) in [5.41, 5.74) is 11.2. The maximum absolute atomic E-state index is 9.45. The van der Waals surface area contributed by atoms with Crippen molar-refractivity contribution in [2.75, 3.05) is 18.1 Å². The van der Waals surface area contributed by atoms with E-state index >= 15 is 0 Å². The lowest BCUT2D eigenvalue weighted by molar-refractivity contribution is -0.0539. The highest BCUT2D eigenvalue weighted by atomic mass is 16.5. The van der Waals surface area contributed by atoms with Crippen LogP contribution in [0.3, 0.4) is 0 Å². The summed E-state index contributed by atoms with van der Waals surface area (Å²) >= 11 is 0. The molecule has 10 heteroatoms. The molecule has 0 spiro atoms. The lowest BCUT2D eigenvalue weighted by atomic mass is 10.0. The monoisotopic (exact) mass is 293 g/mol. The van der Waals surface area contributed by atoms with Crippen molar-refractivity contribution in [1.29, 1.82) is 0 Å². The molecule has 112 valence electrons. The molecule has 21 heavy (non-hydrogen) atoms. The third kappa shape index (κ3) is 2.14. The van der Waals surface area contributed by atoms with Crippen molar-refractivity contribution in [3.63, 3.8) is 0 Å². The number of fused-ring (bicyclic) bond motifs is 1. The van der Waals surface area contributed by atoms with E-state index in [0.717, 1.165) is 0 Å². The number of imidazole rings is 1. The molecule has 0 saturated carbocycles. The number of ether oxygens (including phenoxy) is 1. The Morgan fingerprint density at radius 3 is 3.05 bits per heavy atom. The van der Waals surface area contributed by atoms with Gasteiger partial charge in [0.25, 0.3) is 0 Å². The SMILES string of the molecule is Nc1nc(N)c2ncn([C@H]3CCC(C=NO)(CO)O3)c2n1. The number of nitrogens with two attached hydrogens (primary N) is 2. The van der Waals surface area contributed by atoms with Crippen LogP contribution in [0.4, 0.5) is 11.8 Å². The van der Waals surface area contributed by atoms with Gasteiger partial charge in [0.1, 0.15) is 17.3 Å². The van der Waals surface area contributed by atoms with Gasteiger partial charge in [-0.25, -0.2) is 4.98 Å². The number of anilines is 2. The van der Waals surface area contributed by atoms with E-state index in [1.165, 1.54) is 12.5 Å². The van der Waals surface area contributed by atoms with Crippen LogP contribution in [0.1, 0.15) is 19.1 Å². The Bertz CT molecular complexity index is 700. The van der Waals surface area contributed by atoms with E-state index in [9.17, 15) is 5.11 Å². The second-order valence-electron chi connectivity index (χ2n) is 4.87. The minimum Gasteiger partial charge on any atom is -0.411 e. The predicted octanol–water partition coefficient (Wildman–Crippen LogP) is -0.509. The summed E-state index contributed by atoms with van der Waals surface area (Å²) in [6, 6.07) is 0. The number of rotatable bonds is 3. The van der Waals surface area contributed by atoms with Gasteiger partial charge in [0.2, 0.25) is 5.95 Å². The second-order valence-corrected chi connectivity index (χ2v) is 4.87. The van der Waals surface area contributed by atoms with E-state index in [-0.39, 0.29) is 18.4 Å². The van der Waals surface area contributed by atoms with Crippen LogP contribution in [0.15, 0.2) is 11.5 Å². The first-order valence-electron chi connectivity index (χ1n) is 6.31. The number of oxime groups is 1. The maximum Gasteiger partial charge on any atom is 0.224 e. The lowest BCUT2D eigenvalue weighted by Crippen LogP contribution is -2.35. The molecular formula is C11H15N7O3. The van der Waals surface area contributed by atoms with Crippen molar-refractivity contribution in [2.45, 2.75) is 24.7 Å². The first-order chi connectivity index (χ1) is 10.1. The summed E-state index contributed by atoms with van der Waals surface area (Å²) in [4.78, 5) is 12.1. The van der Waals surface area contributed by atoms with Gasteiger partial charge in [-0.05, 0) is 12.8 Å². The molecule has 3 rings (SSSR count). The fourth-order valence-corrected chi connectivity index (χ4v) is 2.48. The quantitative estimate of drug-likeness (QED) is 0.334. The van der Waals surface area contributed by atoms with E-state index in [4.69, 9.17) is 21.4 Å². The Hall–Kier alpha value is -2.46. The zero-order chi connectivity index (χ0) is 15.0. The van der Waals surface area contributed by atoms with Crippen molar-refractivity contribution in [1.82, 2.24) is 19.5 Å². The third-order valence-corrected chi connectivity index (χ3v) is 3.52. The van der Waals surface area contributed by atoms with E-state index in [0.29, 0.717) is 24.0 Å². The van der Waals surface area contributed by atoms with Gasteiger partial charge in [0, 0.05) is 0 Å². The Kier molecular flexibility index (Phi) is 3.11. The fourth-order valence-electron chi connectivity index (χ4n) is 2.48. The number of aliphatic hydroxyl groups is 1.